The average Bonchev–Trinajstić information content (AvgIpc) is 2.25. The lowest BCUT2D eigenvalue weighted by atomic mass is 10.1. The molecule has 3 nitrogen and oxygen atoms in total. The van der Waals surface area contributed by atoms with Crippen LogP contribution in [-0.4, -0.2) is 42.1 Å². The van der Waals surface area contributed by atoms with E-state index in [1.807, 2.05) is 12.3 Å². The van der Waals surface area contributed by atoms with Crippen molar-refractivity contribution in [2.24, 2.45) is 0 Å². The molecule has 16 heavy (non-hydrogen) atoms. The highest BCUT2D eigenvalue weighted by atomic mass is 127. The van der Waals surface area contributed by atoms with Gasteiger partial charge < -0.3 is 4.90 Å². The summed E-state index contributed by atoms with van der Waals surface area (Å²) in [6, 6.07) is 5.37. The standard InChI is InChI=1S/C12H18IN3/c1-9-7-16(8-10(2)15(9)3)12-6-11(13)4-5-14-12/h4-6,9-10H,7-8H2,1-3H3. The SMILES string of the molecule is CC1CN(c2cc(I)ccn2)CC(C)N1C. The lowest BCUT2D eigenvalue weighted by molar-refractivity contribution is 0.169. The van der Waals surface area contributed by atoms with Crippen molar-refractivity contribution in [2.75, 3.05) is 25.0 Å². The quantitative estimate of drug-likeness (QED) is 0.736. The first kappa shape index (κ1) is 12.1. The molecule has 0 saturated carbocycles. The van der Waals surface area contributed by atoms with Crippen LogP contribution in [0.25, 0.3) is 0 Å². The van der Waals surface area contributed by atoms with Gasteiger partial charge in [-0.2, -0.15) is 0 Å². The molecule has 1 saturated heterocycles. The first-order valence-electron chi connectivity index (χ1n) is 5.66. The smallest absolute Gasteiger partial charge is 0.129 e. The highest BCUT2D eigenvalue weighted by Crippen LogP contribution is 2.20. The molecular weight excluding hydrogens is 313 g/mol. The van der Waals surface area contributed by atoms with Crippen LogP contribution in [0.2, 0.25) is 0 Å². The van der Waals surface area contributed by atoms with Crippen molar-refractivity contribution in [1.82, 2.24) is 9.88 Å². The van der Waals surface area contributed by atoms with Crippen molar-refractivity contribution >= 4 is 28.4 Å². The lowest BCUT2D eigenvalue weighted by Crippen LogP contribution is -2.55. The molecule has 0 spiro atoms. The van der Waals surface area contributed by atoms with E-state index < -0.39 is 0 Å². The Hall–Kier alpha value is -0.360. The van der Waals surface area contributed by atoms with E-state index >= 15 is 0 Å². The van der Waals surface area contributed by atoms with Gasteiger partial charge in [-0.05, 0) is 55.6 Å². The molecule has 2 atom stereocenters. The summed E-state index contributed by atoms with van der Waals surface area (Å²) in [7, 11) is 2.20. The average molecular weight is 331 g/mol. The predicted octanol–water partition coefficient (Wildman–Crippen LogP) is 2.21. The minimum absolute atomic E-state index is 0.586. The Morgan fingerprint density at radius 1 is 1.31 bits per heavy atom. The zero-order chi connectivity index (χ0) is 11.7. The lowest BCUT2D eigenvalue weighted by Gasteiger charge is -2.43. The maximum atomic E-state index is 4.46. The van der Waals surface area contributed by atoms with E-state index in [0.717, 1.165) is 18.9 Å². The van der Waals surface area contributed by atoms with Crippen molar-refractivity contribution in [3.8, 4) is 0 Å². The van der Waals surface area contributed by atoms with E-state index in [1.165, 1.54) is 3.57 Å². The number of rotatable bonds is 1. The molecule has 0 N–H and O–H groups in total. The first-order valence-corrected chi connectivity index (χ1v) is 6.74. The second kappa shape index (κ2) is 4.87. The van der Waals surface area contributed by atoms with Crippen LogP contribution in [0.5, 0.6) is 0 Å². The van der Waals surface area contributed by atoms with Gasteiger partial charge in [0, 0.05) is 34.9 Å². The zero-order valence-electron chi connectivity index (χ0n) is 10.0. The highest BCUT2D eigenvalue weighted by Gasteiger charge is 2.26. The topological polar surface area (TPSA) is 19.4 Å². The number of hydrogen-bond donors (Lipinski definition) is 0. The molecule has 1 aromatic rings. The monoisotopic (exact) mass is 331 g/mol. The van der Waals surface area contributed by atoms with Crippen molar-refractivity contribution in [2.45, 2.75) is 25.9 Å². The second-order valence-electron chi connectivity index (χ2n) is 4.60. The number of hydrogen-bond acceptors (Lipinski definition) is 3. The van der Waals surface area contributed by atoms with Crippen LogP contribution in [0.1, 0.15) is 13.8 Å². The molecule has 0 aromatic carbocycles. The molecule has 88 valence electrons. The second-order valence-corrected chi connectivity index (χ2v) is 5.85. The fraction of sp³-hybridized carbons (Fsp3) is 0.583. The molecule has 2 unspecified atom stereocenters. The van der Waals surface area contributed by atoms with E-state index in [9.17, 15) is 0 Å². The van der Waals surface area contributed by atoms with Crippen LogP contribution in [0, 0.1) is 3.57 Å². The molecule has 1 aliphatic heterocycles. The molecule has 1 aromatic heterocycles. The van der Waals surface area contributed by atoms with Crippen molar-refractivity contribution in [1.29, 1.82) is 0 Å². The number of likely N-dealkylation sites (N-methyl/N-ethyl adjacent to an activating group) is 1. The Morgan fingerprint density at radius 2 is 1.94 bits per heavy atom. The summed E-state index contributed by atoms with van der Waals surface area (Å²) in [5.74, 6) is 1.11. The molecule has 0 bridgehead atoms. The highest BCUT2D eigenvalue weighted by molar-refractivity contribution is 14.1. The van der Waals surface area contributed by atoms with Gasteiger partial charge in [0.2, 0.25) is 0 Å². The van der Waals surface area contributed by atoms with Gasteiger partial charge in [0.25, 0.3) is 0 Å². The van der Waals surface area contributed by atoms with E-state index in [0.29, 0.717) is 12.1 Å². The first-order chi connectivity index (χ1) is 7.58. The molecule has 0 amide bonds. The molecule has 2 rings (SSSR count). The minimum Gasteiger partial charge on any atom is -0.353 e. The Balaban J connectivity index is 2.17. The minimum atomic E-state index is 0.586. The van der Waals surface area contributed by atoms with Crippen LogP contribution in [0.15, 0.2) is 18.3 Å². The van der Waals surface area contributed by atoms with Crippen molar-refractivity contribution in [3.63, 3.8) is 0 Å². The van der Waals surface area contributed by atoms with Gasteiger partial charge >= 0.3 is 0 Å². The summed E-state index contributed by atoms with van der Waals surface area (Å²) < 4.78 is 1.25. The fourth-order valence-corrected chi connectivity index (χ4v) is 2.60. The number of nitrogens with zero attached hydrogens (tertiary/aromatic N) is 3. The number of pyridine rings is 1. The van der Waals surface area contributed by atoms with Crippen LogP contribution in [-0.2, 0) is 0 Å². The third kappa shape index (κ3) is 2.48. The summed E-state index contributed by atoms with van der Waals surface area (Å²) in [5.41, 5.74) is 0. The van der Waals surface area contributed by atoms with Crippen LogP contribution in [0.4, 0.5) is 5.82 Å². The maximum Gasteiger partial charge on any atom is 0.129 e. The molecule has 0 radical (unpaired) electrons. The van der Waals surface area contributed by atoms with Gasteiger partial charge in [-0.3, -0.25) is 4.90 Å². The van der Waals surface area contributed by atoms with Crippen molar-refractivity contribution < 1.29 is 0 Å². The molecule has 0 aliphatic carbocycles. The van der Waals surface area contributed by atoms with Crippen LogP contribution < -0.4 is 4.90 Å². The molecule has 1 fully saturated rings. The van der Waals surface area contributed by atoms with Gasteiger partial charge in [-0.15, -0.1) is 0 Å². The largest absolute Gasteiger partial charge is 0.353 e. The predicted molar refractivity (Wildman–Crippen MR) is 75.9 cm³/mol. The van der Waals surface area contributed by atoms with Gasteiger partial charge in [0.05, 0.1) is 0 Å². The zero-order valence-corrected chi connectivity index (χ0v) is 12.2. The van der Waals surface area contributed by atoms with E-state index in [4.69, 9.17) is 0 Å². The Labute approximate surface area is 111 Å². The van der Waals surface area contributed by atoms with Gasteiger partial charge in [-0.25, -0.2) is 4.98 Å². The van der Waals surface area contributed by atoms with Crippen molar-refractivity contribution in [3.05, 3.63) is 21.9 Å². The molecule has 4 heteroatoms. The normalized spacial score (nSPS) is 27.1. The summed E-state index contributed by atoms with van der Waals surface area (Å²) in [5, 5.41) is 0. The number of anilines is 1. The van der Waals surface area contributed by atoms with Crippen LogP contribution in [0.3, 0.4) is 0 Å². The summed E-state index contributed by atoms with van der Waals surface area (Å²) in [4.78, 5) is 9.28. The van der Waals surface area contributed by atoms with Gasteiger partial charge in [-0.1, -0.05) is 0 Å². The number of halogens is 1. The Kier molecular flexibility index (Phi) is 3.69. The fourth-order valence-electron chi connectivity index (χ4n) is 2.16. The summed E-state index contributed by atoms with van der Waals surface area (Å²) in [6.45, 7) is 6.68. The molecule has 1 aliphatic rings. The number of piperazine rings is 1. The summed E-state index contributed by atoms with van der Waals surface area (Å²) >= 11 is 2.34. The Morgan fingerprint density at radius 3 is 2.50 bits per heavy atom. The van der Waals surface area contributed by atoms with E-state index in [-0.39, 0.29) is 0 Å². The van der Waals surface area contributed by atoms with Gasteiger partial charge in [0.15, 0.2) is 0 Å². The summed E-state index contributed by atoms with van der Waals surface area (Å²) in [6.07, 6.45) is 1.89. The van der Waals surface area contributed by atoms with Gasteiger partial charge in [0.1, 0.15) is 5.82 Å². The van der Waals surface area contributed by atoms with E-state index in [1.54, 1.807) is 0 Å². The Bertz CT molecular complexity index is 357. The maximum absolute atomic E-state index is 4.46. The van der Waals surface area contributed by atoms with E-state index in [2.05, 4.69) is 64.3 Å². The third-order valence-electron chi connectivity index (χ3n) is 3.39. The third-order valence-corrected chi connectivity index (χ3v) is 4.06. The molecular formula is C12H18IN3. The molecule has 2 heterocycles. The van der Waals surface area contributed by atoms with Crippen LogP contribution >= 0.6 is 22.6 Å². The number of aromatic nitrogens is 1.